The Labute approximate surface area is 155 Å². The number of carbonyl (C=O) groups excluding carboxylic acids is 1. The van der Waals surface area contributed by atoms with Gasteiger partial charge in [-0.3, -0.25) is 9.69 Å². The van der Waals surface area contributed by atoms with Crippen LogP contribution < -0.4 is 9.64 Å². The summed E-state index contributed by atoms with van der Waals surface area (Å²) in [4.78, 5) is 17.2. The highest BCUT2D eigenvalue weighted by molar-refractivity contribution is 5.96. The lowest BCUT2D eigenvalue weighted by molar-refractivity contribution is -0.120. The van der Waals surface area contributed by atoms with Crippen LogP contribution in [0, 0.1) is 0 Å². The Hall–Kier alpha value is -2.33. The Morgan fingerprint density at radius 2 is 1.92 bits per heavy atom. The number of ether oxygens (including phenoxy) is 1. The summed E-state index contributed by atoms with van der Waals surface area (Å²) in [5.41, 5.74) is 5.05. The monoisotopic (exact) mass is 350 g/mol. The molecule has 2 aliphatic rings. The lowest BCUT2D eigenvalue weighted by Crippen LogP contribution is -2.44. The number of carbonyl (C=O) groups is 1. The first-order valence-electron chi connectivity index (χ1n) is 9.60. The summed E-state index contributed by atoms with van der Waals surface area (Å²) in [5.74, 6) is 1.13. The molecule has 0 saturated heterocycles. The van der Waals surface area contributed by atoms with Crippen LogP contribution in [0.1, 0.15) is 30.0 Å². The Morgan fingerprint density at radius 1 is 1.04 bits per heavy atom. The zero-order valence-corrected chi connectivity index (χ0v) is 15.4. The SMILES string of the molecule is CCOc1ccc2c(c1)CN(CC(=O)N1CCCc3ccccc31)CC2. The van der Waals surface area contributed by atoms with Gasteiger partial charge in [-0.2, -0.15) is 0 Å². The molecule has 0 saturated carbocycles. The van der Waals surface area contributed by atoms with Crippen molar-refractivity contribution in [3.05, 3.63) is 59.2 Å². The molecule has 136 valence electrons. The number of rotatable bonds is 4. The quantitative estimate of drug-likeness (QED) is 0.847. The second-order valence-electron chi connectivity index (χ2n) is 7.10. The molecule has 0 fully saturated rings. The van der Waals surface area contributed by atoms with Crippen molar-refractivity contribution in [3.8, 4) is 5.75 Å². The van der Waals surface area contributed by atoms with E-state index < -0.39 is 0 Å². The number of anilines is 1. The largest absolute Gasteiger partial charge is 0.494 e. The highest BCUT2D eigenvalue weighted by atomic mass is 16.5. The molecule has 2 heterocycles. The molecule has 2 aromatic carbocycles. The van der Waals surface area contributed by atoms with Crippen molar-refractivity contribution in [2.75, 3.05) is 31.1 Å². The zero-order chi connectivity index (χ0) is 17.9. The molecule has 4 rings (SSSR count). The van der Waals surface area contributed by atoms with Crippen LogP contribution in [0.4, 0.5) is 5.69 Å². The number of hydrogen-bond acceptors (Lipinski definition) is 3. The summed E-state index contributed by atoms with van der Waals surface area (Å²) in [5, 5.41) is 0. The van der Waals surface area contributed by atoms with Gasteiger partial charge in [0.25, 0.3) is 0 Å². The molecule has 4 heteroatoms. The average Bonchev–Trinajstić information content (AvgIpc) is 2.67. The Morgan fingerprint density at radius 3 is 2.81 bits per heavy atom. The molecule has 26 heavy (non-hydrogen) atoms. The molecule has 2 aromatic rings. The predicted octanol–water partition coefficient (Wildman–Crippen LogP) is 3.42. The molecule has 2 aliphatic heterocycles. The average molecular weight is 350 g/mol. The number of amides is 1. The maximum atomic E-state index is 13.0. The van der Waals surface area contributed by atoms with E-state index in [1.807, 2.05) is 24.0 Å². The van der Waals surface area contributed by atoms with Gasteiger partial charge in [-0.15, -0.1) is 0 Å². The molecule has 0 bridgehead atoms. The summed E-state index contributed by atoms with van der Waals surface area (Å²) in [7, 11) is 0. The van der Waals surface area contributed by atoms with Gasteiger partial charge in [-0.1, -0.05) is 24.3 Å². The molecule has 1 amide bonds. The maximum Gasteiger partial charge on any atom is 0.241 e. The number of nitrogens with zero attached hydrogens (tertiary/aromatic N) is 2. The topological polar surface area (TPSA) is 32.8 Å². The molecule has 0 spiro atoms. The van der Waals surface area contributed by atoms with Crippen LogP contribution >= 0.6 is 0 Å². The standard InChI is InChI=1S/C22H26N2O2/c1-2-26-20-10-9-17-11-13-23(15-19(17)14-20)16-22(25)24-12-5-7-18-6-3-4-8-21(18)24/h3-4,6,8-10,14H,2,5,7,11-13,15-16H2,1H3. The highest BCUT2D eigenvalue weighted by Gasteiger charge is 2.25. The van der Waals surface area contributed by atoms with Crippen molar-refractivity contribution in [2.24, 2.45) is 0 Å². The van der Waals surface area contributed by atoms with E-state index in [2.05, 4.69) is 35.2 Å². The third-order valence-corrected chi connectivity index (χ3v) is 5.35. The lowest BCUT2D eigenvalue weighted by Gasteiger charge is -2.33. The van der Waals surface area contributed by atoms with Crippen LogP contribution in [0.2, 0.25) is 0 Å². The van der Waals surface area contributed by atoms with Gasteiger partial charge in [0.2, 0.25) is 5.91 Å². The minimum Gasteiger partial charge on any atom is -0.494 e. The third-order valence-electron chi connectivity index (χ3n) is 5.35. The Balaban J connectivity index is 1.45. The molecule has 0 aliphatic carbocycles. The van der Waals surface area contributed by atoms with E-state index in [-0.39, 0.29) is 5.91 Å². The zero-order valence-electron chi connectivity index (χ0n) is 15.4. The number of benzene rings is 2. The Bertz CT molecular complexity index is 802. The fraction of sp³-hybridized carbons (Fsp3) is 0.409. The van der Waals surface area contributed by atoms with Gasteiger partial charge in [0.1, 0.15) is 5.75 Å². The van der Waals surface area contributed by atoms with Crippen molar-refractivity contribution < 1.29 is 9.53 Å². The van der Waals surface area contributed by atoms with Crippen LogP contribution in [0.25, 0.3) is 0 Å². The van der Waals surface area contributed by atoms with Crippen molar-refractivity contribution in [3.63, 3.8) is 0 Å². The Kier molecular flexibility index (Phi) is 4.93. The van der Waals surface area contributed by atoms with Crippen molar-refractivity contribution >= 4 is 11.6 Å². The first-order chi connectivity index (χ1) is 12.7. The van der Waals surface area contributed by atoms with Crippen molar-refractivity contribution in [1.82, 2.24) is 4.90 Å². The van der Waals surface area contributed by atoms with Crippen LogP contribution in [-0.2, 0) is 24.2 Å². The van der Waals surface area contributed by atoms with Crippen molar-refractivity contribution in [1.29, 1.82) is 0 Å². The van der Waals surface area contributed by atoms with E-state index in [0.717, 1.165) is 50.3 Å². The predicted molar refractivity (Wildman–Crippen MR) is 104 cm³/mol. The summed E-state index contributed by atoms with van der Waals surface area (Å²) < 4.78 is 5.63. The molecule has 0 N–H and O–H groups in total. The minimum absolute atomic E-state index is 0.210. The molecular weight excluding hydrogens is 324 g/mol. The number of fused-ring (bicyclic) bond motifs is 2. The number of aryl methyl sites for hydroxylation is 1. The van der Waals surface area contributed by atoms with E-state index in [1.165, 1.54) is 16.7 Å². The first kappa shape index (κ1) is 17.1. The molecule has 0 aromatic heterocycles. The fourth-order valence-corrected chi connectivity index (χ4v) is 4.05. The lowest BCUT2D eigenvalue weighted by atomic mass is 9.99. The van der Waals surface area contributed by atoms with Crippen LogP contribution in [0.5, 0.6) is 5.75 Å². The van der Waals surface area contributed by atoms with Crippen molar-refractivity contribution in [2.45, 2.75) is 32.7 Å². The van der Waals surface area contributed by atoms with E-state index in [9.17, 15) is 4.79 Å². The van der Waals surface area contributed by atoms with Gasteiger partial charge in [0.15, 0.2) is 0 Å². The molecule has 0 atom stereocenters. The number of hydrogen-bond donors (Lipinski definition) is 0. The summed E-state index contributed by atoms with van der Waals surface area (Å²) in [6.45, 7) is 5.73. The van der Waals surface area contributed by atoms with Gasteiger partial charge >= 0.3 is 0 Å². The smallest absolute Gasteiger partial charge is 0.241 e. The van der Waals surface area contributed by atoms with Gasteiger partial charge in [-0.25, -0.2) is 0 Å². The van der Waals surface area contributed by atoms with Gasteiger partial charge in [-0.05, 0) is 61.1 Å². The van der Waals surface area contributed by atoms with Crippen LogP contribution in [-0.4, -0.2) is 37.0 Å². The van der Waals surface area contributed by atoms with E-state index in [4.69, 9.17) is 4.74 Å². The summed E-state index contributed by atoms with van der Waals surface area (Å²) >= 11 is 0. The molecule has 4 nitrogen and oxygen atoms in total. The van der Waals surface area contributed by atoms with Gasteiger partial charge in [0.05, 0.1) is 13.2 Å². The van der Waals surface area contributed by atoms with E-state index >= 15 is 0 Å². The summed E-state index contributed by atoms with van der Waals surface area (Å²) in [6, 6.07) is 14.6. The van der Waals surface area contributed by atoms with E-state index in [0.29, 0.717) is 13.2 Å². The second kappa shape index (κ2) is 7.50. The first-order valence-corrected chi connectivity index (χ1v) is 9.60. The van der Waals surface area contributed by atoms with Crippen LogP contribution in [0.15, 0.2) is 42.5 Å². The molecule has 0 unspecified atom stereocenters. The minimum atomic E-state index is 0.210. The maximum absolute atomic E-state index is 13.0. The van der Waals surface area contributed by atoms with Gasteiger partial charge in [0, 0.05) is 25.3 Å². The summed E-state index contributed by atoms with van der Waals surface area (Å²) in [6.07, 6.45) is 3.10. The molecular formula is C22H26N2O2. The van der Waals surface area contributed by atoms with Crippen LogP contribution in [0.3, 0.4) is 0 Å². The van der Waals surface area contributed by atoms with E-state index in [1.54, 1.807) is 0 Å². The van der Waals surface area contributed by atoms with Gasteiger partial charge < -0.3 is 9.64 Å². The second-order valence-corrected chi connectivity index (χ2v) is 7.10. The molecule has 0 radical (unpaired) electrons. The number of para-hydroxylation sites is 1. The highest BCUT2D eigenvalue weighted by Crippen LogP contribution is 2.28. The normalized spacial score (nSPS) is 16.7. The third kappa shape index (κ3) is 3.47. The fourth-order valence-electron chi connectivity index (χ4n) is 4.05.